The van der Waals surface area contributed by atoms with Crippen molar-refractivity contribution in [3.63, 3.8) is 0 Å². The van der Waals surface area contributed by atoms with Gasteiger partial charge < -0.3 is 4.74 Å². The van der Waals surface area contributed by atoms with Crippen molar-refractivity contribution >= 4 is 28.5 Å². The average Bonchev–Trinajstić information content (AvgIpc) is 2.28. The molecular weight excluding hydrogens is 235 g/mol. The van der Waals surface area contributed by atoms with Crippen LogP contribution >= 0.6 is 11.6 Å². The van der Waals surface area contributed by atoms with Gasteiger partial charge in [-0.05, 0) is 17.7 Å². The van der Waals surface area contributed by atoms with E-state index in [-0.39, 0.29) is 21.9 Å². The molecule has 1 heterocycles. The number of fused-ring (bicyclic) bond motifs is 1. The maximum Gasteiger partial charge on any atom is 0.357 e. The molecule has 0 saturated heterocycles. The minimum absolute atomic E-state index is 0.00269. The van der Waals surface area contributed by atoms with Crippen LogP contribution in [0.5, 0.6) is 0 Å². The first-order valence-corrected chi connectivity index (χ1v) is 4.71. The van der Waals surface area contributed by atoms with Gasteiger partial charge in [0.05, 0.1) is 7.11 Å². The maximum atomic E-state index is 13.4. The average molecular weight is 241 g/mol. The van der Waals surface area contributed by atoms with Crippen LogP contribution in [0.1, 0.15) is 10.5 Å². The molecule has 0 aliphatic carbocycles. The Bertz CT molecular complexity index is 574. The Morgan fingerprint density at radius 1 is 1.44 bits per heavy atom. The van der Waals surface area contributed by atoms with Crippen molar-refractivity contribution in [3.05, 3.63) is 35.0 Å². The zero-order chi connectivity index (χ0) is 11.7. The molecule has 1 aromatic heterocycles. The van der Waals surface area contributed by atoms with E-state index in [2.05, 4.69) is 14.7 Å². The van der Waals surface area contributed by atoms with Gasteiger partial charge in [0, 0.05) is 5.39 Å². The number of benzene rings is 1. The Labute approximate surface area is 95.0 Å². The van der Waals surface area contributed by atoms with Gasteiger partial charge in [-0.2, -0.15) is 0 Å². The van der Waals surface area contributed by atoms with Crippen LogP contribution in [0, 0.1) is 5.82 Å². The molecule has 0 bridgehead atoms. The van der Waals surface area contributed by atoms with Crippen LogP contribution in [0.2, 0.25) is 5.28 Å². The highest BCUT2D eigenvalue weighted by molar-refractivity contribution is 6.29. The standard InChI is InChI=1S/C10H6ClFN2O2/c1-16-9(15)8-5-3-2-4-6(12)7(5)13-10(11)14-8/h2-4H,1H3. The zero-order valence-electron chi connectivity index (χ0n) is 8.20. The zero-order valence-corrected chi connectivity index (χ0v) is 8.95. The number of carbonyl (C=O) groups excluding carboxylic acids is 1. The Balaban J connectivity index is 2.83. The highest BCUT2D eigenvalue weighted by Crippen LogP contribution is 2.20. The van der Waals surface area contributed by atoms with Gasteiger partial charge in [0.1, 0.15) is 11.3 Å². The van der Waals surface area contributed by atoms with E-state index in [4.69, 9.17) is 11.6 Å². The lowest BCUT2D eigenvalue weighted by molar-refractivity contribution is 0.0596. The molecule has 4 nitrogen and oxygen atoms in total. The first-order valence-electron chi connectivity index (χ1n) is 4.33. The first-order chi connectivity index (χ1) is 7.63. The van der Waals surface area contributed by atoms with Crippen LogP contribution < -0.4 is 0 Å². The predicted molar refractivity (Wildman–Crippen MR) is 55.8 cm³/mol. The van der Waals surface area contributed by atoms with E-state index in [1.165, 1.54) is 25.3 Å². The highest BCUT2D eigenvalue weighted by Gasteiger charge is 2.16. The first kappa shape index (κ1) is 10.8. The molecule has 2 rings (SSSR count). The molecule has 6 heteroatoms. The van der Waals surface area contributed by atoms with Crippen molar-refractivity contribution in [2.45, 2.75) is 0 Å². The van der Waals surface area contributed by atoms with E-state index in [1.54, 1.807) is 0 Å². The lowest BCUT2D eigenvalue weighted by Crippen LogP contribution is -2.07. The number of para-hydroxylation sites is 1. The van der Waals surface area contributed by atoms with E-state index in [0.717, 1.165) is 0 Å². The van der Waals surface area contributed by atoms with Crippen LogP contribution in [0.4, 0.5) is 4.39 Å². The third-order valence-electron chi connectivity index (χ3n) is 2.03. The number of rotatable bonds is 1. The monoisotopic (exact) mass is 240 g/mol. The summed E-state index contributed by atoms with van der Waals surface area (Å²) in [6, 6.07) is 4.22. The number of halogens is 2. The normalized spacial score (nSPS) is 10.4. The summed E-state index contributed by atoms with van der Waals surface area (Å²) in [5.74, 6) is -1.24. The number of nitrogens with zero attached hydrogens (tertiary/aromatic N) is 2. The lowest BCUT2D eigenvalue weighted by Gasteiger charge is -2.04. The van der Waals surface area contributed by atoms with Crippen LogP contribution in [-0.4, -0.2) is 23.0 Å². The molecule has 2 aromatic rings. The number of hydrogen-bond acceptors (Lipinski definition) is 4. The molecule has 0 radical (unpaired) electrons. The Hall–Kier alpha value is -1.75. The van der Waals surface area contributed by atoms with Gasteiger partial charge in [0.15, 0.2) is 5.69 Å². The van der Waals surface area contributed by atoms with E-state index in [0.29, 0.717) is 0 Å². The molecule has 0 N–H and O–H groups in total. The Morgan fingerprint density at radius 2 is 2.19 bits per heavy atom. The number of methoxy groups -OCH3 is 1. The van der Waals surface area contributed by atoms with Gasteiger partial charge >= 0.3 is 5.97 Å². The van der Waals surface area contributed by atoms with Crippen molar-refractivity contribution in [1.82, 2.24) is 9.97 Å². The van der Waals surface area contributed by atoms with E-state index in [1.807, 2.05) is 0 Å². The molecule has 0 aliphatic rings. The molecule has 0 fully saturated rings. The molecule has 16 heavy (non-hydrogen) atoms. The summed E-state index contributed by atoms with van der Waals surface area (Å²) in [7, 11) is 1.21. The van der Waals surface area contributed by atoms with Crippen molar-refractivity contribution in [2.24, 2.45) is 0 Å². The molecule has 1 aromatic carbocycles. The van der Waals surface area contributed by atoms with Crippen LogP contribution in [0.25, 0.3) is 10.9 Å². The summed E-state index contributed by atoms with van der Waals surface area (Å²) < 4.78 is 17.9. The summed E-state index contributed by atoms with van der Waals surface area (Å²) in [4.78, 5) is 18.8. The minimum atomic E-state index is -0.681. The van der Waals surface area contributed by atoms with Gasteiger partial charge in [-0.3, -0.25) is 0 Å². The summed E-state index contributed by atoms with van der Waals surface area (Å²) in [6.07, 6.45) is 0. The van der Waals surface area contributed by atoms with Crippen LogP contribution in [0.3, 0.4) is 0 Å². The third-order valence-corrected chi connectivity index (χ3v) is 2.20. The Morgan fingerprint density at radius 3 is 2.88 bits per heavy atom. The second-order valence-corrected chi connectivity index (χ2v) is 3.31. The quantitative estimate of drug-likeness (QED) is 0.566. The fourth-order valence-corrected chi connectivity index (χ4v) is 1.51. The molecule has 0 atom stereocenters. The molecule has 0 amide bonds. The van der Waals surface area contributed by atoms with E-state index in [9.17, 15) is 9.18 Å². The van der Waals surface area contributed by atoms with Crippen LogP contribution in [0.15, 0.2) is 18.2 Å². The second-order valence-electron chi connectivity index (χ2n) is 2.97. The van der Waals surface area contributed by atoms with Crippen molar-refractivity contribution in [3.8, 4) is 0 Å². The summed E-state index contributed by atoms with van der Waals surface area (Å²) in [6.45, 7) is 0. The van der Waals surface area contributed by atoms with Gasteiger partial charge in [0.2, 0.25) is 5.28 Å². The van der Waals surface area contributed by atoms with Gasteiger partial charge in [-0.25, -0.2) is 19.2 Å². The van der Waals surface area contributed by atoms with Gasteiger partial charge in [-0.1, -0.05) is 12.1 Å². The smallest absolute Gasteiger partial charge is 0.357 e. The van der Waals surface area contributed by atoms with Crippen molar-refractivity contribution < 1.29 is 13.9 Å². The third kappa shape index (κ3) is 1.69. The Kier molecular flexibility index (Phi) is 2.70. The number of hydrogen-bond donors (Lipinski definition) is 0. The number of aromatic nitrogens is 2. The summed E-state index contributed by atoms with van der Waals surface area (Å²) >= 11 is 5.60. The SMILES string of the molecule is COC(=O)c1nc(Cl)nc2c(F)cccc12. The number of ether oxygens (including phenoxy) is 1. The fraction of sp³-hybridized carbons (Fsp3) is 0.100. The number of esters is 1. The van der Waals surface area contributed by atoms with Gasteiger partial charge in [0.25, 0.3) is 0 Å². The predicted octanol–water partition coefficient (Wildman–Crippen LogP) is 2.21. The van der Waals surface area contributed by atoms with Crippen molar-refractivity contribution in [2.75, 3.05) is 7.11 Å². The molecule has 0 saturated carbocycles. The minimum Gasteiger partial charge on any atom is -0.464 e. The topological polar surface area (TPSA) is 52.1 Å². The largest absolute Gasteiger partial charge is 0.464 e. The van der Waals surface area contributed by atoms with E-state index < -0.39 is 11.8 Å². The highest BCUT2D eigenvalue weighted by atomic mass is 35.5. The van der Waals surface area contributed by atoms with Crippen LogP contribution in [-0.2, 0) is 4.74 Å². The molecule has 82 valence electrons. The maximum absolute atomic E-state index is 13.4. The summed E-state index contributed by atoms with van der Waals surface area (Å²) in [5.41, 5.74) is -0.0418. The number of carbonyl (C=O) groups is 1. The van der Waals surface area contributed by atoms with Gasteiger partial charge in [-0.15, -0.1) is 0 Å². The fourth-order valence-electron chi connectivity index (χ4n) is 1.34. The van der Waals surface area contributed by atoms with Crippen molar-refractivity contribution in [1.29, 1.82) is 0 Å². The lowest BCUT2D eigenvalue weighted by atomic mass is 10.2. The molecule has 0 unspecified atom stereocenters. The molecular formula is C10H6ClFN2O2. The summed E-state index contributed by atoms with van der Waals surface area (Å²) in [5, 5.41) is 0.0780. The second kappa shape index (κ2) is 4.02. The molecule has 0 spiro atoms. The van der Waals surface area contributed by atoms with E-state index >= 15 is 0 Å². The molecule has 0 aliphatic heterocycles.